The minimum absolute atomic E-state index is 0. The van der Waals surface area contributed by atoms with Crippen LogP contribution < -0.4 is 10.5 Å². The quantitative estimate of drug-likeness (QED) is 0.655. The molecule has 100 valence electrons. The number of rotatable bonds is 3. The molecule has 0 saturated heterocycles. The second-order valence-corrected chi connectivity index (χ2v) is 4.44. The van der Waals surface area contributed by atoms with Gasteiger partial charge in [0.15, 0.2) is 11.6 Å². The van der Waals surface area contributed by atoms with E-state index in [0.717, 1.165) is 25.7 Å². The highest BCUT2D eigenvalue weighted by Gasteiger charge is 2.16. The molecule has 3 nitrogen and oxygen atoms in total. The van der Waals surface area contributed by atoms with Gasteiger partial charge in [0.05, 0.1) is 6.10 Å². The molecule has 1 aliphatic rings. The van der Waals surface area contributed by atoms with E-state index < -0.39 is 5.82 Å². The minimum Gasteiger partial charge on any atom is -0.487 e. The smallest absolute Gasteiger partial charge is 0.165 e. The van der Waals surface area contributed by atoms with Crippen LogP contribution in [0.4, 0.5) is 4.39 Å². The zero-order valence-corrected chi connectivity index (χ0v) is 10.9. The van der Waals surface area contributed by atoms with Gasteiger partial charge < -0.3 is 10.5 Å². The third-order valence-corrected chi connectivity index (χ3v) is 3.09. The molecule has 1 fully saturated rings. The molecule has 1 aliphatic carbocycles. The average molecular weight is 273 g/mol. The molecule has 1 saturated carbocycles. The summed E-state index contributed by atoms with van der Waals surface area (Å²) in [6.07, 6.45) is 5.66. The van der Waals surface area contributed by atoms with Crippen LogP contribution >= 0.6 is 12.4 Å². The fourth-order valence-electron chi connectivity index (χ4n) is 2.13. The van der Waals surface area contributed by atoms with Gasteiger partial charge in [0.25, 0.3) is 0 Å². The number of halogens is 2. The topological polar surface area (TPSA) is 59.1 Å². The predicted octanol–water partition coefficient (Wildman–Crippen LogP) is 3.24. The van der Waals surface area contributed by atoms with E-state index in [1.165, 1.54) is 12.5 Å². The summed E-state index contributed by atoms with van der Waals surface area (Å²) in [5.74, 6) is -0.307. The van der Waals surface area contributed by atoms with Crippen LogP contribution in [0.3, 0.4) is 0 Å². The van der Waals surface area contributed by atoms with Gasteiger partial charge in [-0.15, -0.1) is 12.4 Å². The van der Waals surface area contributed by atoms with Crippen molar-refractivity contribution in [2.45, 2.75) is 38.2 Å². The van der Waals surface area contributed by atoms with E-state index in [9.17, 15) is 4.39 Å². The third kappa shape index (κ3) is 3.60. The summed E-state index contributed by atoms with van der Waals surface area (Å²) in [7, 11) is 0. The number of benzene rings is 1. The Morgan fingerprint density at radius 3 is 2.50 bits per heavy atom. The van der Waals surface area contributed by atoms with Crippen molar-refractivity contribution in [2.75, 3.05) is 0 Å². The molecule has 5 heteroatoms. The van der Waals surface area contributed by atoms with Crippen LogP contribution in [0.25, 0.3) is 0 Å². The summed E-state index contributed by atoms with van der Waals surface area (Å²) in [6.45, 7) is 0. The van der Waals surface area contributed by atoms with Gasteiger partial charge >= 0.3 is 0 Å². The van der Waals surface area contributed by atoms with Crippen LogP contribution in [0.15, 0.2) is 18.2 Å². The van der Waals surface area contributed by atoms with Crippen LogP contribution in [0.1, 0.15) is 37.7 Å². The number of nitrogens with two attached hydrogens (primary N) is 1. The van der Waals surface area contributed by atoms with E-state index >= 15 is 0 Å². The van der Waals surface area contributed by atoms with Gasteiger partial charge in [-0.3, -0.25) is 5.41 Å². The number of hydrogen-bond acceptors (Lipinski definition) is 2. The van der Waals surface area contributed by atoms with Gasteiger partial charge in [-0.2, -0.15) is 0 Å². The van der Waals surface area contributed by atoms with Crippen molar-refractivity contribution in [2.24, 2.45) is 5.73 Å². The Morgan fingerprint density at radius 2 is 1.94 bits per heavy atom. The molecule has 0 spiro atoms. The second-order valence-electron chi connectivity index (χ2n) is 4.44. The number of amidine groups is 1. The van der Waals surface area contributed by atoms with Crippen molar-refractivity contribution in [1.82, 2.24) is 0 Å². The van der Waals surface area contributed by atoms with Crippen molar-refractivity contribution in [3.8, 4) is 5.75 Å². The van der Waals surface area contributed by atoms with Crippen LogP contribution in [-0.4, -0.2) is 11.9 Å². The largest absolute Gasteiger partial charge is 0.487 e. The standard InChI is InChI=1S/C13H17FN2O.ClH/c14-11-8-9(13(15)16)6-7-12(11)17-10-4-2-1-3-5-10;/h6-8,10H,1-5H2,(H3,15,16);1H. The van der Waals surface area contributed by atoms with E-state index in [1.807, 2.05) is 0 Å². The Bertz CT molecular complexity index is 419. The molecular formula is C13H18ClFN2O. The highest BCUT2D eigenvalue weighted by molar-refractivity contribution is 5.95. The lowest BCUT2D eigenvalue weighted by molar-refractivity contribution is 0.148. The average Bonchev–Trinajstić information content (AvgIpc) is 2.33. The molecule has 1 aromatic rings. The van der Waals surface area contributed by atoms with Crippen molar-refractivity contribution in [3.05, 3.63) is 29.6 Å². The maximum Gasteiger partial charge on any atom is 0.165 e. The summed E-state index contributed by atoms with van der Waals surface area (Å²) in [5.41, 5.74) is 5.68. The lowest BCUT2D eigenvalue weighted by atomic mass is 9.98. The summed E-state index contributed by atoms with van der Waals surface area (Å²) in [5, 5.41) is 7.23. The molecule has 0 bridgehead atoms. The first kappa shape index (κ1) is 14.8. The van der Waals surface area contributed by atoms with E-state index in [2.05, 4.69) is 0 Å². The maximum absolute atomic E-state index is 13.7. The third-order valence-electron chi connectivity index (χ3n) is 3.09. The van der Waals surface area contributed by atoms with Crippen molar-refractivity contribution < 1.29 is 9.13 Å². The van der Waals surface area contributed by atoms with Crippen molar-refractivity contribution in [3.63, 3.8) is 0 Å². The summed E-state index contributed by atoms with van der Waals surface area (Å²) in [4.78, 5) is 0. The summed E-state index contributed by atoms with van der Waals surface area (Å²) < 4.78 is 19.3. The zero-order valence-electron chi connectivity index (χ0n) is 10.1. The van der Waals surface area contributed by atoms with Gasteiger partial charge in [-0.25, -0.2) is 4.39 Å². The van der Waals surface area contributed by atoms with Gasteiger partial charge in [-0.05, 0) is 43.9 Å². The lowest BCUT2D eigenvalue weighted by Crippen LogP contribution is -2.20. The molecule has 0 amide bonds. The molecule has 0 unspecified atom stereocenters. The molecule has 0 atom stereocenters. The highest BCUT2D eigenvalue weighted by atomic mass is 35.5. The van der Waals surface area contributed by atoms with Crippen molar-refractivity contribution in [1.29, 1.82) is 5.41 Å². The van der Waals surface area contributed by atoms with Crippen LogP contribution in [0, 0.1) is 11.2 Å². The number of nitrogen functional groups attached to an aromatic ring is 1. The Kier molecular flexibility index (Phi) is 5.41. The number of nitrogens with one attached hydrogen (secondary N) is 1. The molecule has 0 aromatic heterocycles. The molecule has 3 N–H and O–H groups in total. The minimum atomic E-state index is -0.441. The van der Waals surface area contributed by atoms with Gasteiger partial charge in [0.1, 0.15) is 5.84 Å². The molecule has 2 rings (SSSR count). The maximum atomic E-state index is 13.7. The SMILES string of the molecule is Cl.N=C(N)c1ccc(OC2CCCCC2)c(F)c1. The Balaban J connectivity index is 0.00000162. The Morgan fingerprint density at radius 1 is 1.28 bits per heavy atom. The van der Waals surface area contributed by atoms with Crippen LogP contribution in [0.2, 0.25) is 0 Å². The first-order chi connectivity index (χ1) is 8.16. The molecule has 0 radical (unpaired) electrons. The van der Waals surface area contributed by atoms with E-state index in [-0.39, 0.29) is 30.1 Å². The highest BCUT2D eigenvalue weighted by Crippen LogP contribution is 2.25. The van der Waals surface area contributed by atoms with E-state index in [0.29, 0.717) is 5.56 Å². The fraction of sp³-hybridized carbons (Fsp3) is 0.462. The van der Waals surface area contributed by atoms with E-state index in [4.69, 9.17) is 15.9 Å². The molecular weight excluding hydrogens is 255 g/mol. The predicted molar refractivity (Wildman–Crippen MR) is 72.2 cm³/mol. The van der Waals surface area contributed by atoms with Gasteiger partial charge in [0, 0.05) is 5.56 Å². The first-order valence-electron chi connectivity index (χ1n) is 5.97. The Hall–Kier alpha value is -1.29. The summed E-state index contributed by atoms with van der Waals surface area (Å²) in [6, 6.07) is 4.42. The zero-order chi connectivity index (χ0) is 12.3. The lowest BCUT2D eigenvalue weighted by Gasteiger charge is -2.23. The van der Waals surface area contributed by atoms with Gasteiger partial charge in [0.2, 0.25) is 0 Å². The van der Waals surface area contributed by atoms with Crippen LogP contribution in [-0.2, 0) is 0 Å². The number of ether oxygens (including phenoxy) is 1. The molecule has 0 aliphatic heterocycles. The van der Waals surface area contributed by atoms with Crippen molar-refractivity contribution >= 4 is 18.2 Å². The van der Waals surface area contributed by atoms with Crippen LogP contribution in [0.5, 0.6) is 5.75 Å². The van der Waals surface area contributed by atoms with Gasteiger partial charge in [-0.1, -0.05) is 6.42 Å². The first-order valence-corrected chi connectivity index (χ1v) is 5.97. The molecule has 0 heterocycles. The van der Waals surface area contributed by atoms with E-state index in [1.54, 1.807) is 12.1 Å². The fourth-order valence-corrected chi connectivity index (χ4v) is 2.13. The Labute approximate surface area is 112 Å². The normalized spacial score (nSPS) is 15.8. The summed E-state index contributed by atoms with van der Waals surface area (Å²) >= 11 is 0. The molecule has 1 aromatic carbocycles. The number of hydrogen-bond donors (Lipinski definition) is 2. The second kappa shape index (κ2) is 6.59. The monoisotopic (exact) mass is 272 g/mol. The molecule has 18 heavy (non-hydrogen) atoms.